The quantitative estimate of drug-likeness (QED) is 0.925. The maximum absolute atomic E-state index is 12.4. The van der Waals surface area contributed by atoms with Crippen molar-refractivity contribution in [2.24, 2.45) is 7.05 Å². The first-order chi connectivity index (χ1) is 8.81. The van der Waals surface area contributed by atoms with Gasteiger partial charge < -0.3 is 0 Å². The van der Waals surface area contributed by atoms with Gasteiger partial charge in [-0.3, -0.25) is 9.40 Å². The van der Waals surface area contributed by atoms with Crippen LogP contribution in [0.5, 0.6) is 0 Å². The fourth-order valence-electron chi connectivity index (χ4n) is 1.93. The molecule has 2 aromatic rings. The molecular weight excluding hydrogens is 264 g/mol. The number of nitrogens with zero attached hydrogens (tertiary/aromatic N) is 3. The van der Waals surface area contributed by atoms with Gasteiger partial charge >= 0.3 is 0 Å². The maximum atomic E-state index is 12.4. The van der Waals surface area contributed by atoms with Crippen LogP contribution in [-0.2, 0) is 17.1 Å². The summed E-state index contributed by atoms with van der Waals surface area (Å²) in [6.07, 6.45) is 0. The predicted octanol–water partition coefficient (Wildman–Crippen LogP) is 1.54. The van der Waals surface area contributed by atoms with Crippen molar-refractivity contribution in [2.45, 2.75) is 25.7 Å². The summed E-state index contributed by atoms with van der Waals surface area (Å²) in [6.45, 7) is 5.20. The maximum Gasteiger partial charge on any atom is 0.266 e. The molecule has 0 aliphatic rings. The van der Waals surface area contributed by atoms with Crippen molar-refractivity contribution < 1.29 is 8.42 Å². The van der Waals surface area contributed by atoms with Crippen molar-refractivity contribution in [2.75, 3.05) is 4.72 Å². The van der Waals surface area contributed by atoms with Gasteiger partial charge in [0, 0.05) is 12.7 Å². The lowest BCUT2D eigenvalue weighted by Gasteiger charge is -2.08. The average molecular weight is 280 g/mol. The molecule has 2 heterocycles. The van der Waals surface area contributed by atoms with Gasteiger partial charge in [-0.2, -0.15) is 5.10 Å². The number of hydrogen-bond acceptors (Lipinski definition) is 4. The Kier molecular flexibility index (Phi) is 3.32. The SMILES string of the molecule is Cc1cccc(NS(=O)(=O)c2c(C)nn(C)c2C)n1. The first kappa shape index (κ1) is 13.5. The molecule has 0 aliphatic carbocycles. The Morgan fingerprint density at radius 1 is 1.21 bits per heavy atom. The van der Waals surface area contributed by atoms with E-state index in [0.29, 0.717) is 17.2 Å². The topological polar surface area (TPSA) is 76.9 Å². The lowest BCUT2D eigenvalue weighted by molar-refractivity contribution is 0.599. The van der Waals surface area contributed by atoms with Gasteiger partial charge in [0.15, 0.2) is 0 Å². The highest BCUT2D eigenvalue weighted by Crippen LogP contribution is 2.21. The van der Waals surface area contributed by atoms with Crippen molar-refractivity contribution in [1.29, 1.82) is 0 Å². The van der Waals surface area contributed by atoms with E-state index in [2.05, 4.69) is 14.8 Å². The van der Waals surface area contributed by atoms with E-state index in [1.165, 1.54) is 0 Å². The molecule has 2 aromatic heterocycles. The number of anilines is 1. The van der Waals surface area contributed by atoms with Crippen LogP contribution in [-0.4, -0.2) is 23.2 Å². The number of rotatable bonds is 3. The van der Waals surface area contributed by atoms with Crippen LogP contribution in [0, 0.1) is 20.8 Å². The summed E-state index contributed by atoms with van der Waals surface area (Å²) in [7, 11) is -1.95. The van der Waals surface area contributed by atoms with Gasteiger partial charge in [0.2, 0.25) is 0 Å². The van der Waals surface area contributed by atoms with E-state index in [-0.39, 0.29) is 4.90 Å². The molecule has 0 fully saturated rings. The second kappa shape index (κ2) is 4.65. The largest absolute Gasteiger partial charge is 0.271 e. The molecule has 0 radical (unpaired) electrons. The zero-order valence-corrected chi connectivity index (χ0v) is 12.1. The normalized spacial score (nSPS) is 11.6. The van der Waals surface area contributed by atoms with E-state index in [0.717, 1.165) is 5.69 Å². The molecule has 6 nitrogen and oxygen atoms in total. The molecular formula is C12H16N4O2S. The highest BCUT2D eigenvalue weighted by atomic mass is 32.2. The lowest BCUT2D eigenvalue weighted by atomic mass is 10.4. The van der Waals surface area contributed by atoms with Gasteiger partial charge in [0.1, 0.15) is 10.7 Å². The molecule has 0 atom stereocenters. The minimum absolute atomic E-state index is 0.207. The monoisotopic (exact) mass is 280 g/mol. The van der Waals surface area contributed by atoms with E-state index >= 15 is 0 Å². The third kappa shape index (κ3) is 2.60. The molecule has 0 spiro atoms. The molecule has 0 bridgehead atoms. The molecule has 0 saturated heterocycles. The summed E-state index contributed by atoms with van der Waals surface area (Å²) in [5.41, 5.74) is 1.82. The van der Waals surface area contributed by atoms with Crippen molar-refractivity contribution in [3.63, 3.8) is 0 Å². The van der Waals surface area contributed by atoms with Gasteiger partial charge in [-0.1, -0.05) is 6.07 Å². The Morgan fingerprint density at radius 2 is 1.89 bits per heavy atom. The van der Waals surface area contributed by atoms with Crippen LogP contribution in [0.2, 0.25) is 0 Å². The Hall–Kier alpha value is -1.89. The standard InChI is InChI=1S/C12H16N4O2S/c1-8-6-5-7-11(13-8)15-19(17,18)12-9(2)14-16(4)10(12)3/h5-7H,1-4H3,(H,13,15). The predicted molar refractivity (Wildman–Crippen MR) is 72.5 cm³/mol. The summed E-state index contributed by atoms with van der Waals surface area (Å²) in [5, 5.41) is 4.11. The minimum atomic E-state index is -3.67. The van der Waals surface area contributed by atoms with Crippen LogP contribution >= 0.6 is 0 Å². The highest BCUT2D eigenvalue weighted by Gasteiger charge is 2.24. The smallest absolute Gasteiger partial charge is 0.266 e. The molecule has 0 amide bonds. The highest BCUT2D eigenvalue weighted by molar-refractivity contribution is 7.92. The molecule has 1 N–H and O–H groups in total. The van der Waals surface area contributed by atoms with Gasteiger partial charge in [0.05, 0.1) is 11.4 Å². The fraction of sp³-hybridized carbons (Fsp3) is 0.333. The van der Waals surface area contributed by atoms with Gasteiger partial charge in [-0.25, -0.2) is 13.4 Å². The molecule has 0 aliphatic heterocycles. The third-order valence-electron chi connectivity index (χ3n) is 2.84. The Morgan fingerprint density at radius 3 is 2.42 bits per heavy atom. The molecule has 0 aromatic carbocycles. The Bertz CT molecular complexity index is 719. The van der Waals surface area contributed by atoms with Crippen LogP contribution in [0.3, 0.4) is 0 Å². The number of nitrogens with one attached hydrogen (secondary N) is 1. The average Bonchev–Trinajstić information content (AvgIpc) is 2.52. The molecule has 0 unspecified atom stereocenters. The van der Waals surface area contributed by atoms with E-state index in [1.54, 1.807) is 50.7 Å². The summed E-state index contributed by atoms with van der Waals surface area (Å²) in [5.74, 6) is 0.308. The summed E-state index contributed by atoms with van der Waals surface area (Å²) < 4.78 is 28.8. The van der Waals surface area contributed by atoms with Crippen LogP contribution < -0.4 is 4.72 Å². The number of sulfonamides is 1. The van der Waals surface area contributed by atoms with Crippen molar-refractivity contribution in [3.05, 3.63) is 35.3 Å². The molecule has 102 valence electrons. The van der Waals surface area contributed by atoms with Crippen molar-refractivity contribution in [3.8, 4) is 0 Å². The fourth-order valence-corrected chi connectivity index (χ4v) is 3.37. The van der Waals surface area contributed by atoms with E-state index in [1.807, 2.05) is 0 Å². The Balaban J connectivity index is 2.44. The van der Waals surface area contributed by atoms with Crippen LogP contribution in [0.1, 0.15) is 17.1 Å². The van der Waals surface area contributed by atoms with E-state index in [4.69, 9.17) is 0 Å². The van der Waals surface area contributed by atoms with Gasteiger partial charge in [0.25, 0.3) is 10.0 Å². The number of aromatic nitrogens is 3. The van der Waals surface area contributed by atoms with Gasteiger partial charge in [-0.15, -0.1) is 0 Å². The first-order valence-electron chi connectivity index (χ1n) is 5.78. The van der Waals surface area contributed by atoms with Crippen molar-refractivity contribution in [1.82, 2.24) is 14.8 Å². The molecule has 7 heteroatoms. The van der Waals surface area contributed by atoms with Crippen LogP contribution in [0.25, 0.3) is 0 Å². The number of hydrogen-bond donors (Lipinski definition) is 1. The van der Waals surface area contributed by atoms with Crippen molar-refractivity contribution >= 4 is 15.8 Å². The summed E-state index contributed by atoms with van der Waals surface area (Å²) in [6, 6.07) is 5.17. The molecule has 2 rings (SSSR count). The number of pyridine rings is 1. The third-order valence-corrected chi connectivity index (χ3v) is 4.44. The second-order valence-corrected chi connectivity index (χ2v) is 6.01. The summed E-state index contributed by atoms with van der Waals surface area (Å²) >= 11 is 0. The Labute approximate surface area is 112 Å². The zero-order valence-electron chi connectivity index (χ0n) is 11.3. The second-order valence-electron chi connectivity index (χ2n) is 4.39. The lowest BCUT2D eigenvalue weighted by Crippen LogP contribution is -2.15. The minimum Gasteiger partial charge on any atom is -0.271 e. The van der Waals surface area contributed by atoms with Crippen LogP contribution in [0.4, 0.5) is 5.82 Å². The summed E-state index contributed by atoms with van der Waals surface area (Å²) in [4.78, 5) is 4.34. The van der Waals surface area contributed by atoms with E-state index in [9.17, 15) is 8.42 Å². The zero-order chi connectivity index (χ0) is 14.2. The first-order valence-corrected chi connectivity index (χ1v) is 7.26. The van der Waals surface area contributed by atoms with Gasteiger partial charge in [-0.05, 0) is 32.9 Å². The number of aryl methyl sites for hydroxylation is 3. The molecule has 19 heavy (non-hydrogen) atoms. The van der Waals surface area contributed by atoms with Crippen LogP contribution in [0.15, 0.2) is 23.1 Å². The molecule has 0 saturated carbocycles. The van der Waals surface area contributed by atoms with E-state index < -0.39 is 10.0 Å².